The Morgan fingerprint density at radius 3 is 3.00 bits per heavy atom. The molecule has 0 saturated heterocycles. The summed E-state index contributed by atoms with van der Waals surface area (Å²) in [6.07, 6.45) is 2.21. The highest BCUT2D eigenvalue weighted by Gasteiger charge is 2.11. The van der Waals surface area contributed by atoms with E-state index in [1.54, 1.807) is 0 Å². The molecule has 1 heterocycles. The number of aromatic nitrogens is 1. The van der Waals surface area contributed by atoms with Gasteiger partial charge in [0.25, 0.3) is 5.91 Å². The van der Waals surface area contributed by atoms with Crippen molar-refractivity contribution in [3.05, 3.63) is 17.5 Å². The molecular weight excluding hydrogens is 156 g/mol. The highest BCUT2D eigenvalue weighted by molar-refractivity contribution is 6.17. The standard InChI is InChI=1S/C5H4ClN2O2/c6-1-4-3(5(7)9)2-10-8-4/h1H2,(H2,7,9). The van der Waals surface area contributed by atoms with E-state index in [9.17, 15) is 4.79 Å². The predicted molar refractivity (Wildman–Crippen MR) is 33.4 cm³/mol. The zero-order chi connectivity index (χ0) is 7.56. The van der Waals surface area contributed by atoms with E-state index in [0.717, 1.165) is 0 Å². The molecule has 0 aliphatic carbocycles. The summed E-state index contributed by atoms with van der Waals surface area (Å²) in [6, 6.07) is 0. The van der Waals surface area contributed by atoms with E-state index >= 15 is 0 Å². The third kappa shape index (κ3) is 1.11. The van der Waals surface area contributed by atoms with Gasteiger partial charge in [0.15, 0.2) is 0 Å². The van der Waals surface area contributed by atoms with Crippen molar-refractivity contribution in [2.45, 2.75) is 5.88 Å². The summed E-state index contributed by atoms with van der Waals surface area (Å²) in [5.41, 5.74) is 5.35. The first kappa shape index (κ1) is 7.08. The van der Waals surface area contributed by atoms with E-state index in [1.165, 1.54) is 0 Å². The van der Waals surface area contributed by atoms with Crippen molar-refractivity contribution in [3.8, 4) is 0 Å². The monoisotopic (exact) mass is 159 g/mol. The molecule has 0 aromatic carbocycles. The van der Waals surface area contributed by atoms with Gasteiger partial charge in [-0.25, -0.2) is 0 Å². The largest absolute Gasteiger partial charge is 0.365 e. The zero-order valence-corrected chi connectivity index (χ0v) is 5.68. The molecule has 0 unspecified atom stereocenters. The topological polar surface area (TPSA) is 69.1 Å². The number of carbonyl (C=O) groups excluding carboxylic acids is 1. The van der Waals surface area contributed by atoms with Crippen LogP contribution in [-0.2, 0) is 5.88 Å². The lowest BCUT2D eigenvalue weighted by Gasteiger charge is -1.86. The molecule has 1 rings (SSSR count). The molecule has 1 radical (unpaired) electrons. The van der Waals surface area contributed by atoms with E-state index in [0.29, 0.717) is 5.69 Å². The fourth-order valence-corrected chi connectivity index (χ4v) is 0.694. The third-order valence-corrected chi connectivity index (χ3v) is 1.22. The van der Waals surface area contributed by atoms with E-state index < -0.39 is 5.91 Å². The number of primary amides is 1. The Kier molecular flexibility index (Phi) is 1.91. The first-order chi connectivity index (χ1) is 4.75. The van der Waals surface area contributed by atoms with Gasteiger partial charge in [-0.2, -0.15) is 0 Å². The van der Waals surface area contributed by atoms with Crippen molar-refractivity contribution in [2.75, 3.05) is 0 Å². The fourth-order valence-electron chi connectivity index (χ4n) is 0.512. The maximum atomic E-state index is 10.5. The molecular formula is C5H4ClN2O2. The molecule has 53 valence electrons. The lowest BCUT2D eigenvalue weighted by molar-refractivity contribution is 0.0999. The van der Waals surface area contributed by atoms with Crippen LogP contribution in [0.1, 0.15) is 16.1 Å². The van der Waals surface area contributed by atoms with Gasteiger partial charge in [0.2, 0.25) is 6.26 Å². The van der Waals surface area contributed by atoms with Gasteiger partial charge in [-0.3, -0.25) is 4.79 Å². The van der Waals surface area contributed by atoms with Gasteiger partial charge in [-0.05, 0) is 0 Å². The quantitative estimate of drug-likeness (QED) is 0.632. The molecule has 0 spiro atoms. The Bertz CT molecular complexity index is 246. The van der Waals surface area contributed by atoms with E-state index in [-0.39, 0.29) is 11.4 Å². The highest BCUT2D eigenvalue weighted by atomic mass is 35.5. The summed E-state index contributed by atoms with van der Waals surface area (Å²) in [4.78, 5) is 10.5. The van der Waals surface area contributed by atoms with Gasteiger partial charge in [0.1, 0.15) is 11.3 Å². The van der Waals surface area contributed by atoms with Gasteiger partial charge in [-0.15, -0.1) is 11.6 Å². The first-order valence-electron chi connectivity index (χ1n) is 2.47. The molecule has 0 aliphatic heterocycles. The summed E-state index contributed by atoms with van der Waals surface area (Å²) < 4.78 is 4.34. The Morgan fingerprint density at radius 1 is 1.90 bits per heavy atom. The van der Waals surface area contributed by atoms with E-state index in [1.807, 2.05) is 0 Å². The van der Waals surface area contributed by atoms with Crippen molar-refractivity contribution in [2.24, 2.45) is 5.73 Å². The van der Waals surface area contributed by atoms with Crippen LogP contribution in [0.3, 0.4) is 0 Å². The fraction of sp³-hybridized carbons (Fsp3) is 0.200. The minimum Gasteiger partial charge on any atom is -0.365 e. The predicted octanol–water partition coefficient (Wildman–Crippen LogP) is 0.312. The smallest absolute Gasteiger partial charge is 0.254 e. The van der Waals surface area contributed by atoms with Crippen molar-refractivity contribution in [1.29, 1.82) is 0 Å². The van der Waals surface area contributed by atoms with Crippen molar-refractivity contribution < 1.29 is 9.32 Å². The van der Waals surface area contributed by atoms with Crippen LogP contribution in [0.2, 0.25) is 0 Å². The van der Waals surface area contributed by atoms with Crippen LogP contribution in [0, 0.1) is 6.26 Å². The van der Waals surface area contributed by atoms with Crippen molar-refractivity contribution in [3.63, 3.8) is 0 Å². The Morgan fingerprint density at radius 2 is 2.60 bits per heavy atom. The average Bonchev–Trinajstić information content (AvgIpc) is 2.33. The number of amides is 1. The summed E-state index contributed by atoms with van der Waals surface area (Å²) in [7, 11) is 0. The van der Waals surface area contributed by atoms with E-state index in [4.69, 9.17) is 17.3 Å². The van der Waals surface area contributed by atoms with Crippen LogP contribution in [0.25, 0.3) is 0 Å². The summed E-state index contributed by atoms with van der Waals surface area (Å²) in [5.74, 6) is -0.525. The van der Waals surface area contributed by atoms with Gasteiger partial charge < -0.3 is 10.3 Å². The van der Waals surface area contributed by atoms with Crippen LogP contribution in [0.4, 0.5) is 0 Å². The Balaban J connectivity index is 3.01. The van der Waals surface area contributed by atoms with Gasteiger partial charge in [0, 0.05) is 0 Å². The molecule has 4 nitrogen and oxygen atoms in total. The SMILES string of the molecule is NC(=O)c1[c]onc1CCl. The lowest BCUT2D eigenvalue weighted by Crippen LogP contribution is -2.11. The number of alkyl halides is 1. The number of hydrogen-bond acceptors (Lipinski definition) is 3. The highest BCUT2D eigenvalue weighted by Crippen LogP contribution is 2.06. The molecule has 1 amide bonds. The molecule has 0 saturated carbocycles. The molecule has 0 bridgehead atoms. The molecule has 0 aliphatic rings. The van der Waals surface area contributed by atoms with Crippen LogP contribution in [0.5, 0.6) is 0 Å². The number of nitrogens with zero attached hydrogens (tertiary/aromatic N) is 1. The van der Waals surface area contributed by atoms with E-state index in [2.05, 4.69) is 15.9 Å². The maximum Gasteiger partial charge on any atom is 0.254 e. The molecule has 5 heteroatoms. The molecule has 0 fully saturated rings. The minimum atomic E-state index is -0.628. The Hall–Kier alpha value is -1.03. The molecule has 1 aromatic heterocycles. The second-order valence-corrected chi connectivity index (χ2v) is 1.87. The van der Waals surface area contributed by atoms with Gasteiger partial charge in [-0.1, -0.05) is 5.16 Å². The average molecular weight is 160 g/mol. The maximum absolute atomic E-state index is 10.5. The normalized spacial score (nSPS) is 9.70. The first-order valence-corrected chi connectivity index (χ1v) is 3.01. The van der Waals surface area contributed by atoms with Crippen LogP contribution in [-0.4, -0.2) is 11.1 Å². The van der Waals surface area contributed by atoms with Crippen LogP contribution in [0.15, 0.2) is 4.52 Å². The second kappa shape index (κ2) is 2.70. The zero-order valence-electron chi connectivity index (χ0n) is 4.93. The van der Waals surface area contributed by atoms with Crippen LogP contribution >= 0.6 is 11.6 Å². The lowest BCUT2D eigenvalue weighted by atomic mass is 10.2. The summed E-state index contributed by atoms with van der Waals surface area (Å²) in [6.45, 7) is 0. The van der Waals surface area contributed by atoms with Gasteiger partial charge in [0.05, 0.1) is 5.88 Å². The molecule has 10 heavy (non-hydrogen) atoms. The second-order valence-electron chi connectivity index (χ2n) is 1.60. The number of carbonyl (C=O) groups is 1. The minimum absolute atomic E-state index is 0.102. The molecule has 1 aromatic rings. The number of halogens is 1. The van der Waals surface area contributed by atoms with Crippen molar-refractivity contribution >= 4 is 17.5 Å². The molecule has 2 N–H and O–H groups in total. The summed E-state index contributed by atoms with van der Waals surface area (Å²) in [5, 5.41) is 3.39. The number of hydrogen-bond donors (Lipinski definition) is 1. The molecule has 0 atom stereocenters. The summed E-state index contributed by atoms with van der Waals surface area (Å²) >= 11 is 5.37. The number of nitrogens with two attached hydrogens (primary N) is 1. The van der Waals surface area contributed by atoms with Crippen LogP contribution < -0.4 is 5.73 Å². The Labute approximate surface area is 61.9 Å². The third-order valence-electron chi connectivity index (χ3n) is 0.965. The van der Waals surface area contributed by atoms with Gasteiger partial charge >= 0.3 is 0 Å². The number of rotatable bonds is 2. The van der Waals surface area contributed by atoms with Crippen molar-refractivity contribution in [1.82, 2.24) is 5.16 Å².